The van der Waals surface area contributed by atoms with Gasteiger partial charge in [0.25, 0.3) is 11.2 Å². The average molecular weight is 402 g/mol. The fourth-order valence-electron chi connectivity index (χ4n) is 2.40. The minimum Gasteiger partial charge on any atom is -0.293 e. The molecule has 3 rings (SSSR count). The molecule has 28 heavy (non-hydrogen) atoms. The van der Waals surface area contributed by atoms with Crippen molar-refractivity contribution < 1.29 is 13.3 Å². The summed E-state index contributed by atoms with van der Waals surface area (Å²) in [6.07, 6.45) is 0. The van der Waals surface area contributed by atoms with Gasteiger partial charge in [0.15, 0.2) is 5.69 Å². The Bertz CT molecular complexity index is 1240. The number of H-pyrrole nitrogens is 1. The quantitative estimate of drug-likeness (QED) is 0.379. The predicted octanol–water partition coefficient (Wildman–Crippen LogP) is 2.45. The van der Waals surface area contributed by atoms with E-state index in [4.69, 9.17) is 5.14 Å². The van der Waals surface area contributed by atoms with Crippen LogP contribution in [0.1, 0.15) is 5.69 Å². The summed E-state index contributed by atoms with van der Waals surface area (Å²) < 4.78 is 23.8. The zero-order valence-electron chi connectivity index (χ0n) is 14.4. The number of benzene rings is 2. The second kappa shape index (κ2) is 7.17. The van der Waals surface area contributed by atoms with Gasteiger partial charge in [-0.1, -0.05) is 6.07 Å². The first-order valence-electron chi connectivity index (χ1n) is 7.78. The van der Waals surface area contributed by atoms with E-state index in [9.17, 15) is 23.3 Å². The molecule has 0 fully saturated rings. The first-order valence-corrected chi connectivity index (χ1v) is 9.32. The first-order chi connectivity index (χ1) is 13.2. The number of aromatic amines is 1. The Labute approximate surface area is 158 Å². The van der Waals surface area contributed by atoms with E-state index in [0.717, 1.165) is 0 Å². The van der Waals surface area contributed by atoms with Gasteiger partial charge >= 0.3 is 0 Å². The molecule has 0 saturated heterocycles. The van der Waals surface area contributed by atoms with Crippen molar-refractivity contribution in [3.05, 3.63) is 74.7 Å². The molecule has 3 aromatic rings. The number of azo groups is 1. The zero-order valence-corrected chi connectivity index (χ0v) is 15.3. The molecule has 0 aliphatic heterocycles. The highest BCUT2D eigenvalue weighted by atomic mass is 32.2. The van der Waals surface area contributed by atoms with Crippen LogP contribution in [0, 0.1) is 17.0 Å². The highest BCUT2D eigenvalue weighted by Gasteiger charge is 2.14. The molecule has 0 saturated carbocycles. The number of hydrogen-bond donors (Lipinski definition) is 2. The second-order valence-electron chi connectivity index (χ2n) is 5.74. The molecule has 0 bridgehead atoms. The van der Waals surface area contributed by atoms with E-state index in [1.165, 1.54) is 53.2 Å². The minimum absolute atomic E-state index is 0.0158. The van der Waals surface area contributed by atoms with E-state index < -0.39 is 20.5 Å². The number of hydrogen-bond acceptors (Lipinski definition) is 7. The smallest absolute Gasteiger partial charge is 0.293 e. The lowest BCUT2D eigenvalue weighted by Gasteiger charge is -2.02. The van der Waals surface area contributed by atoms with E-state index in [-0.39, 0.29) is 22.0 Å². The number of aryl methyl sites for hydroxylation is 1. The van der Waals surface area contributed by atoms with Crippen LogP contribution in [0.2, 0.25) is 0 Å². The van der Waals surface area contributed by atoms with Crippen molar-refractivity contribution >= 4 is 27.1 Å². The summed E-state index contributed by atoms with van der Waals surface area (Å²) in [6.45, 7) is 1.61. The van der Waals surface area contributed by atoms with E-state index in [1.807, 2.05) is 0 Å². The lowest BCUT2D eigenvalue weighted by atomic mass is 10.3. The summed E-state index contributed by atoms with van der Waals surface area (Å²) in [5, 5.41) is 26.5. The standard InChI is InChI=1S/C16H14N6O5S/c1-10-15(19-18-11-3-2-4-13(9-11)22(24)25)16(23)21(20-10)12-5-7-14(8-6-12)28(17,26)27/h2-9,20H,1H3,(H2,17,26,27). The monoisotopic (exact) mass is 402 g/mol. The molecule has 0 aliphatic carbocycles. The van der Waals surface area contributed by atoms with Crippen LogP contribution >= 0.6 is 0 Å². The third-order valence-corrected chi connectivity index (χ3v) is 4.70. The number of aromatic nitrogens is 2. The summed E-state index contributed by atoms with van der Waals surface area (Å²) in [4.78, 5) is 22.8. The highest BCUT2D eigenvalue weighted by molar-refractivity contribution is 7.89. The van der Waals surface area contributed by atoms with E-state index >= 15 is 0 Å². The van der Waals surface area contributed by atoms with Gasteiger partial charge in [0.1, 0.15) is 0 Å². The van der Waals surface area contributed by atoms with Crippen molar-refractivity contribution in [1.82, 2.24) is 9.78 Å². The van der Waals surface area contributed by atoms with Crippen LogP contribution in [0.4, 0.5) is 17.1 Å². The Kier molecular flexibility index (Phi) is 4.90. The molecule has 0 amide bonds. The number of nitrogens with zero attached hydrogens (tertiary/aromatic N) is 4. The molecular formula is C16H14N6O5S. The van der Waals surface area contributed by atoms with Crippen LogP contribution in [0.15, 0.2) is 68.4 Å². The predicted molar refractivity (Wildman–Crippen MR) is 99.8 cm³/mol. The number of primary sulfonamides is 1. The van der Waals surface area contributed by atoms with E-state index in [0.29, 0.717) is 11.4 Å². The van der Waals surface area contributed by atoms with Crippen LogP contribution in [-0.4, -0.2) is 23.1 Å². The summed E-state index contributed by atoms with van der Waals surface area (Å²) in [5.41, 5.74) is 0.358. The van der Waals surface area contributed by atoms with Crippen LogP contribution < -0.4 is 10.7 Å². The van der Waals surface area contributed by atoms with Crippen molar-refractivity contribution in [3.63, 3.8) is 0 Å². The van der Waals surface area contributed by atoms with E-state index in [1.54, 1.807) is 6.92 Å². The molecule has 0 aliphatic rings. The number of nitrogens with two attached hydrogens (primary N) is 1. The molecule has 0 unspecified atom stereocenters. The Balaban J connectivity index is 1.95. The van der Waals surface area contributed by atoms with Crippen LogP contribution in [0.25, 0.3) is 5.69 Å². The molecule has 1 heterocycles. The second-order valence-corrected chi connectivity index (χ2v) is 7.30. The minimum atomic E-state index is -3.84. The van der Waals surface area contributed by atoms with Gasteiger partial charge in [0.2, 0.25) is 10.0 Å². The Morgan fingerprint density at radius 1 is 1.14 bits per heavy atom. The Morgan fingerprint density at radius 2 is 1.82 bits per heavy atom. The van der Waals surface area contributed by atoms with Crippen molar-refractivity contribution in [2.45, 2.75) is 11.8 Å². The molecule has 0 radical (unpaired) electrons. The Morgan fingerprint density at radius 3 is 2.43 bits per heavy atom. The maximum atomic E-state index is 12.6. The molecule has 144 valence electrons. The number of nitro groups is 1. The molecule has 11 nitrogen and oxygen atoms in total. The van der Waals surface area contributed by atoms with Gasteiger partial charge in [0, 0.05) is 12.1 Å². The molecular weight excluding hydrogens is 388 g/mol. The van der Waals surface area contributed by atoms with Crippen LogP contribution in [0.5, 0.6) is 0 Å². The molecule has 12 heteroatoms. The molecule has 3 N–H and O–H groups in total. The molecule has 1 aromatic heterocycles. The average Bonchev–Trinajstić information content (AvgIpc) is 2.93. The summed E-state index contributed by atoms with van der Waals surface area (Å²) in [7, 11) is -3.84. The molecule has 0 atom stereocenters. The van der Waals surface area contributed by atoms with Gasteiger partial charge in [-0.3, -0.25) is 20.0 Å². The summed E-state index contributed by atoms with van der Waals surface area (Å²) in [5.74, 6) is 0. The number of nitrogens with one attached hydrogen (secondary N) is 1. The maximum Gasteiger partial charge on any atom is 0.299 e. The van der Waals surface area contributed by atoms with Gasteiger partial charge < -0.3 is 0 Å². The van der Waals surface area contributed by atoms with Crippen molar-refractivity contribution in [2.24, 2.45) is 15.4 Å². The molecule has 0 spiro atoms. The number of rotatable bonds is 5. The van der Waals surface area contributed by atoms with Gasteiger partial charge in [-0.25, -0.2) is 18.2 Å². The maximum absolute atomic E-state index is 12.6. The van der Waals surface area contributed by atoms with Gasteiger partial charge in [0.05, 0.1) is 26.9 Å². The number of nitro benzene ring substituents is 1. The lowest BCUT2D eigenvalue weighted by Crippen LogP contribution is -2.15. The van der Waals surface area contributed by atoms with Crippen LogP contribution in [-0.2, 0) is 10.0 Å². The molecule has 2 aromatic carbocycles. The third kappa shape index (κ3) is 3.87. The largest absolute Gasteiger partial charge is 0.299 e. The van der Waals surface area contributed by atoms with Crippen molar-refractivity contribution in [3.8, 4) is 5.69 Å². The Hall–Kier alpha value is -3.64. The fourth-order valence-corrected chi connectivity index (χ4v) is 2.91. The number of non-ortho nitro benzene ring substituents is 1. The summed E-state index contributed by atoms with van der Waals surface area (Å²) in [6, 6.07) is 10.9. The topological polar surface area (TPSA) is 166 Å². The van der Waals surface area contributed by atoms with Gasteiger partial charge in [-0.05, 0) is 37.3 Å². The van der Waals surface area contributed by atoms with Gasteiger partial charge in [-0.2, -0.15) is 5.11 Å². The normalized spacial score (nSPS) is 11.8. The van der Waals surface area contributed by atoms with Crippen molar-refractivity contribution in [2.75, 3.05) is 0 Å². The fraction of sp³-hybridized carbons (Fsp3) is 0.0625. The lowest BCUT2D eigenvalue weighted by molar-refractivity contribution is -0.384. The van der Waals surface area contributed by atoms with Gasteiger partial charge in [-0.15, -0.1) is 5.11 Å². The highest BCUT2D eigenvalue weighted by Crippen LogP contribution is 2.23. The summed E-state index contributed by atoms with van der Waals surface area (Å²) >= 11 is 0. The SMILES string of the molecule is Cc1[nH]n(-c2ccc(S(N)(=O)=O)cc2)c(=O)c1N=Nc1cccc([N+](=O)[O-])c1. The van der Waals surface area contributed by atoms with Crippen molar-refractivity contribution in [1.29, 1.82) is 0 Å². The number of sulfonamides is 1. The van der Waals surface area contributed by atoms with E-state index in [2.05, 4.69) is 15.3 Å². The first kappa shape index (κ1) is 19.1. The zero-order chi connectivity index (χ0) is 20.5. The van der Waals surface area contributed by atoms with Crippen LogP contribution in [0.3, 0.4) is 0 Å². The third-order valence-electron chi connectivity index (χ3n) is 3.77.